The van der Waals surface area contributed by atoms with Crippen LogP contribution in [0.5, 0.6) is 11.5 Å². The van der Waals surface area contributed by atoms with Crippen molar-refractivity contribution in [1.82, 2.24) is 0 Å². The number of benzene rings is 1. The fraction of sp³-hybridized carbons (Fsp3) is 0.125. The molecule has 0 fully saturated rings. The first-order valence-corrected chi connectivity index (χ1v) is 3.35. The molecule has 1 aromatic rings. The second-order valence-electron chi connectivity index (χ2n) is 2.34. The summed E-state index contributed by atoms with van der Waals surface area (Å²) >= 11 is 0. The topological polar surface area (TPSA) is 35.5 Å². The average molecular weight is 167 g/mol. The molecule has 0 bridgehead atoms. The van der Waals surface area contributed by atoms with Gasteiger partial charge in [0.05, 0.1) is 5.56 Å². The van der Waals surface area contributed by atoms with Gasteiger partial charge in [-0.15, -0.1) is 0 Å². The molecule has 0 unspecified atom stereocenters. The molecule has 12 heavy (non-hydrogen) atoms. The minimum Gasteiger partial charge on any atom is -0.454 e. The van der Waals surface area contributed by atoms with Gasteiger partial charge in [0.15, 0.2) is 17.8 Å². The second-order valence-corrected chi connectivity index (χ2v) is 2.34. The van der Waals surface area contributed by atoms with Crippen molar-refractivity contribution in [2.75, 3.05) is 6.79 Å². The number of carbonyl (C=O) groups is 1. The Hall–Kier alpha value is -1.58. The molecule has 3 nitrogen and oxygen atoms in total. The van der Waals surface area contributed by atoms with E-state index in [-0.39, 0.29) is 12.4 Å². The minimum absolute atomic E-state index is 0.0146. The summed E-state index contributed by atoms with van der Waals surface area (Å²) in [6, 6.07) is 2.47. The molecule has 0 spiro atoms. The van der Waals surface area contributed by atoms with Gasteiger partial charge in [0.2, 0.25) is 6.79 Å². The summed E-state index contributed by atoms with van der Waals surface area (Å²) in [6.07, 6.45) is 0.442. The van der Waals surface area contributed by atoms with E-state index in [1.807, 2.05) is 0 Å². The van der Waals surface area contributed by atoms with Gasteiger partial charge in [0.25, 0.3) is 0 Å². The third kappa shape index (κ3) is 0.922. The lowest BCUT2D eigenvalue weighted by molar-refractivity contribution is 0.111. The third-order valence-electron chi connectivity index (χ3n) is 1.62. The van der Waals surface area contributed by atoms with Crippen molar-refractivity contribution in [1.29, 1.82) is 0 Å². The first kappa shape index (κ1) is 7.09. The van der Waals surface area contributed by atoms with E-state index in [4.69, 9.17) is 9.47 Å². The summed E-state index contributed by atoms with van der Waals surface area (Å²) < 4.78 is 22.7. The van der Waals surface area contributed by atoms with E-state index in [9.17, 15) is 9.18 Å². The average Bonchev–Trinajstić information content (AvgIpc) is 2.49. The van der Waals surface area contributed by atoms with Gasteiger partial charge in [-0.25, -0.2) is 4.39 Å². The second kappa shape index (κ2) is 2.48. The van der Waals surface area contributed by atoms with E-state index in [1.54, 1.807) is 0 Å². The molecule has 0 atom stereocenters. The lowest BCUT2D eigenvalue weighted by Crippen LogP contribution is -1.92. The number of halogens is 1. The monoisotopic (exact) mass is 167 g/mol. The van der Waals surface area contributed by atoms with Crippen molar-refractivity contribution in [2.45, 2.75) is 0 Å². The molecule has 0 aliphatic carbocycles. The molecule has 62 valence electrons. The van der Waals surface area contributed by atoms with Gasteiger partial charge in [0, 0.05) is 6.07 Å². The summed E-state index contributed by atoms with van der Waals surface area (Å²) in [5.74, 6) is 0.172. The molecule has 0 N–H and O–H groups in total. The summed E-state index contributed by atoms with van der Waals surface area (Å²) in [5.41, 5.74) is -0.0146. The Morgan fingerprint density at radius 1 is 1.33 bits per heavy atom. The number of hydrogen-bond donors (Lipinski definition) is 0. The fourth-order valence-corrected chi connectivity index (χ4v) is 1.02. The van der Waals surface area contributed by atoms with Crippen LogP contribution < -0.4 is 9.47 Å². The minimum atomic E-state index is -0.589. The number of hydrogen-bond acceptors (Lipinski definition) is 3. The Balaban J connectivity index is 2.56. The summed E-state index contributed by atoms with van der Waals surface area (Å²) in [7, 11) is 0. The van der Waals surface area contributed by atoms with Crippen molar-refractivity contribution in [2.24, 2.45) is 0 Å². The van der Waals surface area contributed by atoms with Crippen LogP contribution in [0.1, 0.15) is 10.4 Å². The Bertz CT molecular complexity index is 335. The van der Waals surface area contributed by atoms with Crippen LogP contribution in [0, 0.1) is 5.82 Å². The van der Waals surface area contributed by atoms with Crippen molar-refractivity contribution in [3.8, 4) is 11.5 Å². The molecule has 4 heteroatoms. The zero-order valence-electron chi connectivity index (χ0n) is 6.04. The molecular formula is C8H5FO3. The standard InChI is InChI=1S/C8H5FO3/c9-6-2-8-7(11-4-12-8)1-5(6)3-10/h1-3H,4H2/i9-1. The number of ether oxygens (including phenoxy) is 2. The fourth-order valence-electron chi connectivity index (χ4n) is 1.02. The van der Waals surface area contributed by atoms with Crippen molar-refractivity contribution >= 4 is 6.29 Å². The van der Waals surface area contributed by atoms with E-state index in [2.05, 4.69) is 0 Å². The molecule has 1 aliphatic heterocycles. The quantitative estimate of drug-likeness (QED) is 0.592. The lowest BCUT2D eigenvalue weighted by Gasteiger charge is -1.97. The highest BCUT2D eigenvalue weighted by Gasteiger charge is 2.16. The van der Waals surface area contributed by atoms with Crippen LogP contribution in [-0.4, -0.2) is 13.1 Å². The summed E-state index contributed by atoms with van der Waals surface area (Å²) in [4.78, 5) is 10.3. The van der Waals surface area contributed by atoms with Crippen LogP contribution in [-0.2, 0) is 0 Å². The molecule has 0 amide bonds. The van der Waals surface area contributed by atoms with Crippen LogP contribution in [0.3, 0.4) is 0 Å². The smallest absolute Gasteiger partial charge is 0.231 e. The van der Waals surface area contributed by atoms with Crippen LogP contribution in [0.25, 0.3) is 0 Å². The van der Waals surface area contributed by atoms with Crippen LogP contribution in [0.2, 0.25) is 0 Å². The maximum atomic E-state index is 12.9. The van der Waals surface area contributed by atoms with Crippen molar-refractivity contribution in [3.05, 3.63) is 23.5 Å². The first-order chi connectivity index (χ1) is 5.81. The predicted molar refractivity (Wildman–Crippen MR) is 37.9 cm³/mol. The van der Waals surface area contributed by atoms with Crippen LogP contribution >= 0.6 is 0 Å². The maximum absolute atomic E-state index is 12.9. The van der Waals surface area contributed by atoms with Crippen molar-refractivity contribution < 1.29 is 18.7 Å². The Labute approximate surface area is 67.7 Å². The molecule has 0 saturated carbocycles. The highest BCUT2D eigenvalue weighted by Crippen LogP contribution is 2.33. The van der Waals surface area contributed by atoms with E-state index in [1.165, 1.54) is 6.07 Å². The Kier molecular flexibility index (Phi) is 1.46. The number of aldehydes is 1. The molecule has 1 heterocycles. The number of carbonyl (C=O) groups excluding carboxylic acids is 1. The Morgan fingerprint density at radius 3 is 2.67 bits per heavy atom. The molecular weight excluding hydrogens is 162 g/mol. The largest absolute Gasteiger partial charge is 0.454 e. The van der Waals surface area contributed by atoms with Gasteiger partial charge in [-0.1, -0.05) is 0 Å². The molecule has 0 radical (unpaired) electrons. The molecule has 0 aromatic heterocycles. The Morgan fingerprint density at radius 2 is 2.00 bits per heavy atom. The number of fused-ring (bicyclic) bond motifs is 1. The van der Waals surface area contributed by atoms with Gasteiger partial charge in [-0.3, -0.25) is 4.79 Å². The highest BCUT2D eigenvalue weighted by atomic mass is 18.2. The van der Waals surface area contributed by atoms with Crippen LogP contribution in [0.4, 0.5) is 4.39 Å². The molecule has 2 rings (SSSR count). The SMILES string of the molecule is O=Cc1cc2c(cc1[18F])OCO2. The molecule has 1 aliphatic rings. The predicted octanol–water partition coefficient (Wildman–Crippen LogP) is 1.37. The first-order valence-electron chi connectivity index (χ1n) is 3.35. The van der Waals surface area contributed by atoms with Crippen molar-refractivity contribution in [3.63, 3.8) is 0 Å². The molecule has 1 aromatic carbocycles. The normalized spacial score (nSPS) is 13.1. The number of rotatable bonds is 1. The molecule has 0 saturated heterocycles. The lowest BCUT2D eigenvalue weighted by atomic mass is 10.2. The highest BCUT2D eigenvalue weighted by molar-refractivity contribution is 5.77. The van der Waals surface area contributed by atoms with Gasteiger partial charge >= 0.3 is 0 Å². The van der Waals surface area contributed by atoms with Gasteiger partial charge in [-0.2, -0.15) is 0 Å². The van der Waals surface area contributed by atoms with E-state index in [0.29, 0.717) is 17.8 Å². The third-order valence-corrected chi connectivity index (χ3v) is 1.62. The van der Waals surface area contributed by atoms with Gasteiger partial charge < -0.3 is 9.47 Å². The summed E-state index contributed by atoms with van der Waals surface area (Å²) in [6.45, 7) is 0.0804. The zero-order chi connectivity index (χ0) is 8.55. The van der Waals surface area contributed by atoms with E-state index in [0.717, 1.165) is 6.07 Å². The van der Waals surface area contributed by atoms with E-state index < -0.39 is 5.82 Å². The summed E-state index contributed by atoms with van der Waals surface area (Å²) in [5, 5.41) is 0. The van der Waals surface area contributed by atoms with Gasteiger partial charge in [0.1, 0.15) is 5.82 Å². The van der Waals surface area contributed by atoms with Gasteiger partial charge in [-0.05, 0) is 6.07 Å². The zero-order valence-corrected chi connectivity index (χ0v) is 6.04. The van der Waals surface area contributed by atoms with Crippen LogP contribution in [0.15, 0.2) is 12.1 Å². The van der Waals surface area contributed by atoms with E-state index >= 15 is 0 Å². The maximum Gasteiger partial charge on any atom is 0.231 e.